The first-order chi connectivity index (χ1) is 19.2. The van der Waals surface area contributed by atoms with Crippen molar-refractivity contribution in [3.05, 3.63) is 129 Å². The van der Waals surface area contributed by atoms with Gasteiger partial charge in [-0.05, 0) is 54.8 Å². The van der Waals surface area contributed by atoms with Crippen molar-refractivity contribution in [1.29, 1.82) is 0 Å². The van der Waals surface area contributed by atoms with E-state index in [1.54, 1.807) is 35.2 Å². The van der Waals surface area contributed by atoms with Gasteiger partial charge in [0.25, 0.3) is 0 Å². The lowest BCUT2D eigenvalue weighted by Gasteiger charge is -2.40. The van der Waals surface area contributed by atoms with Gasteiger partial charge in [0.05, 0.1) is 13.1 Å². The summed E-state index contributed by atoms with van der Waals surface area (Å²) in [5.41, 5.74) is 2.73. The molecule has 1 heterocycles. The quantitative estimate of drug-likeness (QED) is 0.262. The minimum Gasteiger partial charge on any atom is -0.478 e. The van der Waals surface area contributed by atoms with Crippen molar-refractivity contribution >= 4 is 40.8 Å². The number of ether oxygens (including phenoxy) is 1. The molecule has 0 saturated heterocycles. The summed E-state index contributed by atoms with van der Waals surface area (Å²) in [7, 11) is 0. The Bertz CT molecular complexity index is 1560. The lowest BCUT2D eigenvalue weighted by atomic mass is 9.77. The number of amides is 1. The number of nitrogens with zero attached hydrogens (tertiary/aromatic N) is 1. The highest BCUT2D eigenvalue weighted by atomic mass is 35.5. The Labute approximate surface area is 243 Å². The summed E-state index contributed by atoms with van der Waals surface area (Å²) in [5, 5.41) is 14.9. The second-order valence-electron chi connectivity index (χ2n) is 9.76. The minimum absolute atomic E-state index is 0.108. The summed E-state index contributed by atoms with van der Waals surface area (Å²) in [6.45, 7) is 3.79. The van der Waals surface area contributed by atoms with E-state index >= 15 is 0 Å². The molecule has 1 aliphatic rings. The van der Waals surface area contributed by atoms with E-state index in [1.165, 1.54) is 0 Å². The molecule has 0 radical (unpaired) electrons. The van der Waals surface area contributed by atoms with E-state index in [1.807, 2.05) is 74.5 Å². The third kappa shape index (κ3) is 4.94. The fourth-order valence-electron chi connectivity index (χ4n) is 5.24. The van der Waals surface area contributed by atoms with E-state index in [2.05, 4.69) is 5.32 Å². The van der Waals surface area contributed by atoms with Crippen LogP contribution in [0.3, 0.4) is 0 Å². The Balaban J connectivity index is 1.74. The molecule has 40 heavy (non-hydrogen) atoms. The van der Waals surface area contributed by atoms with Gasteiger partial charge in [-0.3, -0.25) is 10.1 Å². The molecular formula is C32H28Cl2N2O4. The lowest BCUT2D eigenvalue weighted by molar-refractivity contribution is -0.149. The van der Waals surface area contributed by atoms with Crippen LogP contribution < -0.4 is 15.0 Å². The third-order valence-corrected chi connectivity index (χ3v) is 8.17. The molecule has 204 valence electrons. The highest BCUT2D eigenvalue weighted by Gasteiger charge is 2.52. The predicted octanol–water partition coefficient (Wildman–Crippen LogP) is 6.52. The lowest BCUT2D eigenvalue weighted by Crippen LogP contribution is -2.58. The van der Waals surface area contributed by atoms with Crippen LogP contribution >= 0.6 is 23.2 Å². The summed E-state index contributed by atoms with van der Waals surface area (Å²) < 4.78 is 6.39. The number of para-hydroxylation sites is 1. The average molecular weight is 575 g/mol. The Hall–Kier alpha value is -3.84. The van der Waals surface area contributed by atoms with Gasteiger partial charge in [0.15, 0.2) is 0 Å². The topological polar surface area (TPSA) is 78.9 Å². The number of halogens is 2. The van der Waals surface area contributed by atoms with Gasteiger partial charge in [-0.15, -0.1) is 0 Å². The van der Waals surface area contributed by atoms with Gasteiger partial charge >= 0.3 is 5.97 Å². The van der Waals surface area contributed by atoms with E-state index < -0.39 is 17.6 Å². The van der Waals surface area contributed by atoms with Crippen molar-refractivity contribution in [1.82, 2.24) is 5.32 Å². The zero-order chi connectivity index (χ0) is 28.4. The first-order valence-electron chi connectivity index (χ1n) is 12.8. The summed E-state index contributed by atoms with van der Waals surface area (Å²) in [4.78, 5) is 28.5. The van der Waals surface area contributed by atoms with Gasteiger partial charge in [0.1, 0.15) is 11.3 Å². The van der Waals surface area contributed by atoms with Gasteiger partial charge in [0, 0.05) is 26.9 Å². The minimum atomic E-state index is -1.44. The van der Waals surface area contributed by atoms with Crippen LogP contribution in [-0.2, 0) is 21.7 Å². The van der Waals surface area contributed by atoms with Crippen molar-refractivity contribution < 1.29 is 19.4 Å². The van der Waals surface area contributed by atoms with Gasteiger partial charge in [0.2, 0.25) is 12.0 Å². The number of rotatable bonds is 7. The van der Waals surface area contributed by atoms with E-state index in [9.17, 15) is 14.7 Å². The number of anilines is 1. The number of hydrogen-bond donors (Lipinski definition) is 2. The monoisotopic (exact) mass is 574 g/mol. The number of fused-ring (bicyclic) bond motifs is 1. The number of benzene rings is 4. The zero-order valence-corrected chi connectivity index (χ0v) is 23.5. The van der Waals surface area contributed by atoms with Crippen molar-refractivity contribution in [3.8, 4) is 5.75 Å². The molecule has 2 N–H and O–H groups in total. The first-order valence-corrected chi connectivity index (χ1v) is 13.6. The van der Waals surface area contributed by atoms with E-state index in [-0.39, 0.29) is 19.0 Å². The number of hydrogen-bond acceptors (Lipinski definition) is 4. The largest absolute Gasteiger partial charge is 0.478 e. The maximum atomic E-state index is 13.8. The molecule has 1 aliphatic heterocycles. The molecule has 8 heteroatoms. The Kier molecular flexibility index (Phi) is 7.86. The van der Waals surface area contributed by atoms with E-state index in [0.29, 0.717) is 38.2 Å². The molecule has 5 rings (SSSR count). The van der Waals surface area contributed by atoms with Crippen molar-refractivity contribution in [2.45, 2.75) is 32.0 Å². The van der Waals surface area contributed by atoms with Crippen LogP contribution in [0.25, 0.3) is 0 Å². The number of carbonyl (C=O) groups excluding carboxylic acids is 1. The van der Waals surface area contributed by atoms with Crippen molar-refractivity contribution in [2.75, 3.05) is 11.4 Å². The smallest absolute Gasteiger partial charge is 0.347 e. The number of carboxylic acids is 1. The van der Waals surface area contributed by atoms with E-state index in [0.717, 1.165) is 11.1 Å². The van der Waals surface area contributed by atoms with Gasteiger partial charge in [-0.1, -0.05) is 89.9 Å². The van der Waals surface area contributed by atoms with Crippen LogP contribution in [0.15, 0.2) is 91.0 Å². The summed E-state index contributed by atoms with van der Waals surface area (Å²) in [6, 6.07) is 27.2. The summed E-state index contributed by atoms with van der Waals surface area (Å²) in [5.74, 6) is -0.989. The number of carboxylic acid groups (broad SMARTS) is 1. The second-order valence-corrected chi connectivity index (χ2v) is 10.6. The number of carbonyl (C=O) groups is 2. The highest BCUT2D eigenvalue weighted by molar-refractivity contribution is 6.36. The maximum Gasteiger partial charge on any atom is 0.347 e. The highest BCUT2D eigenvalue weighted by Crippen LogP contribution is 2.43. The molecular weight excluding hydrogens is 547 g/mol. The first kappa shape index (κ1) is 27.7. The fraction of sp³-hybridized carbons (Fsp3) is 0.188. The fourth-order valence-corrected chi connectivity index (χ4v) is 5.76. The molecule has 2 atom stereocenters. The van der Waals surface area contributed by atoms with Crippen LogP contribution in [0.5, 0.6) is 5.75 Å². The molecule has 0 spiro atoms. The average Bonchev–Trinajstić information content (AvgIpc) is 3.07. The second kappa shape index (κ2) is 11.3. The Morgan fingerprint density at radius 2 is 1.60 bits per heavy atom. The van der Waals surface area contributed by atoms with Crippen LogP contribution in [0.4, 0.5) is 5.69 Å². The molecule has 0 aromatic heterocycles. The Morgan fingerprint density at radius 1 is 0.950 bits per heavy atom. The Morgan fingerprint density at radius 3 is 2.30 bits per heavy atom. The van der Waals surface area contributed by atoms with Crippen LogP contribution in [0, 0.1) is 13.8 Å². The number of nitrogens with one attached hydrogen (secondary N) is 1. The molecule has 0 bridgehead atoms. The third-order valence-electron chi connectivity index (χ3n) is 7.46. The molecule has 0 fully saturated rings. The maximum absolute atomic E-state index is 13.8. The van der Waals surface area contributed by atoms with Crippen molar-refractivity contribution in [2.24, 2.45) is 0 Å². The van der Waals surface area contributed by atoms with Crippen LogP contribution in [0.1, 0.15) is 27.8 Å². The molecule has 0 unspecified atom stereocenters. The molecule has 6 nitrogen and oxygen atoms in total. The van der Waals surface area contributed by atoms with Crippen molar-refractivity contribution in [3.63, 3.8) is 0 Å². The molecule has 1 amide bonds. The number of aryl methyl sites for hydroxylation is 1. The van der Waals surface area contributed by atoms with Crippen LogP contribution in [0.2, 0.25) is 10.0 Å². The van der Waals surface area contributed by atoms with Gasteiger partial charge < -0.3 is 14.7 Å². The van der Waals surface area contributed by atoms with E-state index in [4.69, 9.17) is 27.9 Å². The standard InChI is InChI=1S/C32H28Cl2N2O4/c1-20-10-8-17-28(21(20)2)40-30(31(38)39)32(22-11-4-3-5-12-22)24-13-6-7-16-27(24)36(29(37)18-35-32)19-23-25(33)14-9-15-26(23)34/h3-17,30,35H,18-19H2,1-2H3,(H,38,39)/t30-,32+/m1/s1. The molecule has 0 aliphatic carbocycles. The molecule has 4 aromatic carbocycles. The van der Waals surface area contributed by atoms with Gasteiger partial charge in [-0.25, -0.2) is 4.79 Å². The van der Waals surface area contributed by atoms with Crippen LogP contribution in [-0.4, -0.2) is 29.6 Å². The predicted molar refractivity (Wildman–Crippen MR) is 157 cm³/mol. The number of aliphatic carboxylic acids is 1. The molecule has 0 saturated carbocycles. The molecule has 4 aromatic rings. The van der Waals surface area contributed by atoms with Gasteiger partial charge in [-0.2, -0.15) is 0 Å². The normalized spacial score (nSPS) is 17.6. The summed E-state index contributed by atoms with van der Waals surface area (Å²) in [6.07, 6.45) is -1.44. The summed E-state index contributed by atoms with van der Waals surface area (Å²) >= 11 is 13.0. The SMILES string of the molecule is Cc1cccc(O[C@H](C(=O)O)[C@@]2(c3ccccc3)NCC(=O)N(Cc3c(Cl)cccc3Cl)c3ccccc32)c1C. The zero-order valence-electron chi connectivity index (χ0n) is 22.0.